The second-order valence-corrected chi connectivity index (χ2v) is 6.82. The summed E-state index contributed by atoms with van der Waals surface area (Å²) in [5.41, 5.74) is -2.41. The number of ether oxygens (including phenoxy) is 1. The van der Waals surface area contributed by atoms with Gasteiger partial charge in [0.25, 0.3) is 0 Å². The number of hydrogen-bond donors (Lipinski definition) is 2. The van der Waals surface area contributed by atoms with E-state index in [2.05, 4.69) is 0 Å². The van der Waals surface area contributed by atoms with Gasteiger partial charge in [0, 0.05) is 6.54 Å². The topological polar surface area (TPSA) is 87.1 Å². The Morgan fingerprint density at radius 1 is 1.19 bits per heavy atom. The summed E-state index contributed by atoms with van der Waals surface area (Å²) in [5.74, 6) is -0.445. The average molecular weight is 297 g/mol. The summed E-state index contributed by atoms with van der Waals surface area (Å²) >= 11 is 0. The van der Waals surface area contributed by atoms with Crippen molar-refractivity contribution >= 4 is 12.1 Å². The van der Waals surface area contributed by atoms with Gasteiger partial charge in [-0.1, -0.05) is 6.42 Å². The molecule has 2 N–H and O–H groups in total. The maximum absolute atomic E-state index is 12.1. The van der Waals surface area contributed by atoms with Gasteiger partial charge in [-0.2, -0.15) is 0 Å². The maximum Gasteiger partial charge on any atom is 0.409 e. The third-order valence-corrected chi connectivity index (χ3v) is 5.38. The van der Waals surface area contributed by atoms with Crippen LogP contribution in [0.25, 0.3) is 0 Å². The Hall–Kier alpha value is -1.30. The van der Waals surface area contributed by atoms with Gasteiger partial charge in [-0.15, -0.1) is 0 Å². The van der Waals surface area contributed by atoms with E-state index in [1.807, 2.05) is 0 Å². The largest absolute Gasteiger partial charge is 0.481 e. The third-order valence-electron chi connectivity index (χ3n) is 5.38. The van der Waals surface area contributed by atoms with Gasteiger partial charge in [0.05, 0.1) is 24.2 Å². The molecule has 1 aliphatic heterocycles. The number of aliphatic carboxylic acids is 1. The fraction of sp³-hybridized carbons (Fsp3) is 0.867. The van der Waals surface area contributed by atoms with Crippen LogP contribution in [0.1, 0.15) is 44.9 Å². The molecule has 0 aromatic carbocycles. The van der Waals surface area contributed by atoms with E-state index in [-0.39, 0.29) is 6.54 Å². The summed E-state index contributed by atoms with van der Waals surface area (Å²) < 4.78 is 5.25. The van der Waals surface area contributed by atoms with Crippen LogP contribution in [-0.2, 0) is 9.53 Å². The monoisotopic (exact) mass is 297 g/mol. The zero-order valence-electron chi connectivity index (χ0n) is 12.2. The molecular weight excluding hydrogens is 274 g/mol. The van der Waals surface area contributed by atoms with Gasteiger partial charge in [0.2, 0.25) is 0 Å². The summed E-state index contributed by atoms with van der Waals surface area (Å²) in [4.78, 5) is 25.2. The molecule has 1 saturated heterocycles. The molecule has 1 heterocycles. The Balaban J connectivity index is 1.66. The highest BCUT2D eigenvalue weighted by molar-refractivity contribution is 5.78. The highest BCUT2D eigenvalue weighted by Gasteiger charge is 2.60. The van der Waals surface area contributed by atoms with E-state index < -0.39 is 23.1 Å². The molecule has 0 bridgehead atoms. The van der Waals surface area contributed by atoms with E-state index in [0.29, 0.717) is 44.8 Å². The van der Waals surface area contributed by atoms with Crippen molar-refractivity contribution in [2.75, 3.05) is 19.7 Å². The fourth-order valence-corrected chi connectivity index (χ4v) is 3.56. The van der Waals surface area contributed by atoms with Crippen LogP contribution in [0.4, 0.5) is 4.79 Å². The molecule has 2 aliphatic carbocycles. The van der Waals surface area contributed by atoms with Gasteiger partial charge >= 0.3 is 12.1 Å². The first-order valence-corrected chi connectivity index (χ1v) is 7.84. The van der Waals surface area contributed by atoms with Crippen molar-refractivity contribution in [3.05, 3.63) is 0 Å². The Labute approximate surface area is 124 Å². The summed E-state index contributed by atoms with van der Waals surface area (Å²) in [5, 5.41) is 20.4. The van der Waals surface area contributed by atoms with E-state index >= 15 is 0 Å². The van der Waals surface area contributed by atoms with Gasteiger partial charge in [-0.3, -0.25) is 4.79 Å². The molecule has 6 heteroatoms. The predicted octanol–water partition coefficient (Wildman–Crippen LogP) is 1.61. The first kappa shape index (κ1) is 14.6. The van der Waals surface area contributed by atoms with Crippen molar-refractivity contribution in [3.63, 3.8) is 0 Å². The van der Waals surface area contributed by atoms with Crippen LogP contribution in [0.2, 0.25) is 0 Å². The normalized spacial score (nSPS) is 31.4. The minimum atomic E-state index is -1.33. The molecule has 1 amide bonds. The molecule has 2 saturated carbocycles. The number of nitrogens with zero attached hydrogens (tertiary/aromatic N) is 1. The zero-order valence-corrected chi connectivity index (χ0v) is 12.2. The summed E-state index contributed by atoms with van der Waals surface area (Å²) in [6, 6.07) is 0. The lowest BCUT2D eigenvalue weighted by Gasteiger charge is -2.53. The first-order chi connectivity index (χ1) is 9.97. The number of likely N-dealkylation sites (tertiary alicyclic amines) is 1. The lowest BCUT2D eigenvalue weighted by atomic mass is 9.56. The van der Waals surface area contributed by atoms with Crippen LogP contribution in [-0.4, -0.2) is 52.5 Å². The highest BCUT2D eigenvalue weighted by Crippen LogP contribution is 2.52. The maximum atomic E-state index is 12.1. The number of aliphatic hydroxyl groups is 1. The number of carboxylic acid groups (broad SMARTS) is 1. The second-order valence-electron chi connectivity index (χ2n) is 6.82. The molecule has 3 rings (SSSR count). The average Bonchev–Trinajstić information content (AvgIpc) is 3.17. The molecule has 3 aliphatic rings. The van der Waals surface area contributed by atoms with Crippen LogP contribution in [0.15, 0.2) is 0 Å². The summed E-state index contributed by atoms with van der Waals surface area (Å²) in [7, 11) is 0. The standard InChI is InChI=1S/C15H23NO5/c17-12(18)14(5-1-6-14)15(20)7-2-8-16(10-15)13(19)21-9-11-3-4-11/h11,20H,1-10H2,(H,17,18). The van der Waals surface area contributed by atoms with E-state index in [1.165, 1.54) is 4.90 Å². The van der Waals surface area contributed by atoms with Crippen LogP contribution >= 0.6 is 0 Å². The molecule has 0 radical (unpaired) electrons. The minimum absolute atomic E-state index is 0.0722. The lowest BCUT2D eigenvalue weighted by molar-refractivity contribution is -0.193. The van der Waals surface area contributed by atoms with E-state index in [4.69, 9.17) is 4.74 Å². The Morgan fingerprint density at radius 2 is 1.90 bits per heavy atom. The van der Waals surface area contributed by atoms with Crippen molar-refractivity contribution in [1.29, 1.82) is 0 Å². The minimum Gasteiger partial charge on any atom is -0.481 e. The molecule has 1 unspecified atom stereocenters. The van der Waals surface area contributed by atoms with E-state index in [0.717, 1.165) is 19.3 Å². The molecular formula is C15H23NO5. The fourth-order valence-electron chi connectivity index (χ4n) is 3.56. The highest BCUT2D eigenvalue weighted by atomic mass is 16.6. The van der Waals surface area contributed by atoms with Crippen molar-refractivity contribution in [3.8, 4) is 0 Å². The smallest absolute Gasteiger partial charge is 0.409 e. The first-order valence-electron chi connectivity index (χ1n) is 7.84. The second kappa shape index (κ2) is 5.16. The van der Waals surface area contributed by atoms with Gasteiger partial charge in [-0.05, 0) is 44.4 Å². The Bertz CT molecular complexity index is 443. The van der Waals surface area contributed by atoms with Crippen molar-refractivity contribution in [1.82, 2.24) is 4.90 Å². The number of carbonyl (C=O) groups is 2. The van der Waals surface area contributed by atoms with E-state index in [9.17, 15) is 19.8 Å². The van der Waals surface area contributed by atoms with Crippen LogP contribution in [0, 0.1) is 11.3 Å². The molecule has 0 spiro atoms. The van der Waals surface area contributed by atoms with Gasteiger partial charge < -0.3 is 19.8 Å². The molecule has 0 aromatic heterocycles. The number of carboxylic acids is 1. The predicted molar refractivity (Wildman–Crippen MR) is 73.7 cm³/mol. The SMILES string of the molecule is O=C(OCC1CC1)N1CCCC(O)(C2(C(=O)O)CCC2)C1. The number of piperidine rings is 1. The van der Waals surface area contributed by atoms with Crippen molar-refractivity contribution in [2.45, 2.75) is 50.5 Å². The number of carbonyl (C=O) groups excluding carboxylic acids is 1. The zero-order chi connectivity index (χ0) is 15.1. The van der Waals surface area contributed by atoms with Crippen LogP contribution in [0.5, 0.6) is 0 Å². The number of rotatable bonds is 4. The molecule has 118 valence electrons. The van der Waals surface area contributed by atoms with Crippen LogP contribution < -0.4 is 0 Å². The van der Waals surface area contributed by atoms with Crippen molar-refractivity contribution < 1.29 is 24.5 Å². The summed E-state index contributed by atoms with van der Waals surface area (Å²) in [6.45, 7) is 1.04. The van der Waals surface area contributed by atoms with Gasteiger partial charge in [-0.25, -0.2) is 4.79 Å². The van der Waals surface area contributed by atoms with Crippen LogP contribution in [0.3, 0.4) is 0 Å². The van der Waals surface area contributed by atoms with Gasteiger partial charge in [0.15, 0.2) is 0 Å². The summed E-state index contributed by atoms with van der Waals surface area (Å²) in [6.07, 6.45) is 4.66. The lowest BCUT2D eigenvalue weighted by Crippen LogP contribution is -2.64. The number of hydrogen-bond acceptors (Lipinski definition) is 4. The molecule has 3 fully saturated rings. The Morgan fingerprint density at radius 3 is 2.43 bits per heavy atom. The Kier molecular flexibility index (Phi) is 3.59. The number of amides is 1. The molecule has 6 nitrogen and oxygen atoms in total. The molecule has 21 heavy (non-hydrogen) atoms. The molecule has 1 atom stereocenters. The van der Waals surface area contributed by atoms with Gasteiger partial charge in [0.1, 0.15) is 0 Å². The van der Waals surface area contributed by atoms with E-state index in [1.54, 1.807) is 0 Å². The quantitative estimate of drug-likeness (QED) is 0.823. The number of β-amino-alcohol motifs (C(OH)–C–C–N with tert-alkyl or cyclic N) is 1. The third kappa shape index (κ3) is 2.50. The molecule has 0 aromatic rings. The van der Waals surface area contributed by atoms with Crippen molar-refractivity contribution in [2.24, 2.45) is 11.3 Å².